The van der Waals surface area contributed by atoms with Gasteiger partial charge in [-0.05, 0) is 36.2 Å². The molecule has 1 heterocycles. The van der Waals surface area contributed by atoms with E-state index in [0.717, 1.165) is 11.1 Å². The average Bonchev–Trinajstić information content (AvgIpc) is 2.72. The Kier molecular flexibility index (Phi) is 3.50. The van der Waals surface area contributed by atoms with Gasteiger partial charge in [-0.2, -0.15) is 0 Å². The van der Waals surface area contributed by atoms with Gasteiger partial charge in [0.2, 0.25) is 0 Å². The van der Waals surface area contributed by atoms with Gasteiger partial charge in [0.05, 0.1) is 5.02 Å². The van der Waals surface area contributed by atoms with Crippen LogP contribution in [0.4, 0.5) is 4.39 Å². The summed E-state index contributed by atoms with van der Waals surface area (Å²) < 4.78 is 15.0. The number of hydrogen-bond donors (Lipinski definition) is 1. The molecule has 90 valence electrons. The summed E-state index contributed by atoms with van der Waals surface area (Å²) in [6.07, 6.45) is 3.94. The largest absolute Gasteiger partial charge is 0.350 e. The molecule has 0 radical (unpaired) electrons. The summed E-state index contributed by atoms with van der Waals surface area (Å²) in [5.41, 5.74) is 7.82. The van der Waals surface area contributed by atoms with Gasteiger partial charge in [-0.15, -0.1) is 0 Å². The van der Waals surface area contributed by atoms with E-state index in [1.807, 2.05) is 30.0 Å². The summed E-state index contributed by atoms with van der Waals surface area (Å²) in [7, 11) is 0. The Labute approximate surface area is 105 Å². The van der Waals surface area contributed by atoms with Crippen molar-refractivity contribution in [2.24, 2.45) is 5.73 Å². The number of rotatable bonds is 3. The summed E-state index contributed by atoms with van der Waals surface area (Å²) in [4.78, 5) is 0. The Morgan fingerprint density at radius 2 is 2.18 bits per heavy atom. The molecular weight excluding hydrogens is 239 g/mol. The highest BCUT2D eigenvalue weighted by Gasteiger charge is 2.04. The van der Waals surface area contributed by atoms with Gasteiger partial charge >= 0.3 is 0 Å². The predicted octanol–water partition coefficient (Wildman–Crippen LogP) is 3.35. The molecule has 0 spiro atoms. The van der Waals surface area contributed by atoms with Crippen molar-refractivity contribution < 1.29 is 4.39 Å². The molecule has 0 aliphatic carbocycles. The molecule has 0 bridgehead atoms. The quantitative estimate of drug-likeness (QED) is 0.892. The first kappa shape index (κ1) is 12.1. The SMILES string of the molecule is CC(N)c1ccn(Cc2ccc(F)c(Cl)c2)c1. The summed E-state index contributed by atoms with van der Waals surface area (Å²) >= 11 is 5.73. The lowest BCUT2D eigenvalue weighted by molar-refractivity contribution is 0.626. The van der Waals surface area contributed by atoms with Crippen molar-refractivity contribution in [2.45, 2.75) is 19.5 Å². The van der Waals surface area contributed by atoms with Crippen LogP contribution in [0.1, 0.15) is 24.1 Å². The zero-order chi connectivity index (χ0) is 12.4. The molecule has 2 nitrogen and oxygen atoms in total. The second-order valence-corrected chi connectivity index (χ2v) is 4.56. The third-order valence-corrected chi connectivity index (χ3v) is 2.94. The maximum Gasteiger partial charge on any atom is 0.141 e. The first-order valence-corrected chi connectivity index (χ1v) is 5.79. The van der Waals surface area contributed by atoms with Crippen LogP contribution in [0.5, 0.6) is 0 Å². The van der Waals surface area contributed by atoms with E-state index in [9.17, 15) is 4.39 Å². The first-order valence-electron chi connectivity index (χ1n) is 5.41. The highest BCUT2D eigenvalue weighted by atomic mass is 35.5. The Balaban J connectivity index is 2.16. The molecule has 1 aromatic carbocycles. The van der Waals surface area contributed by atoms with E-state index in [2.05, 4.69) is 0 Å². The van der Waals surface area contributed by atoms with Crippen molar-refractivity contribution in [2.75, 3.05) is 0 Å². The van der Waals surface area contributed by atoms with E-state index in [-0.39, 0.29) is 16.9 Å². The van der Waals surface area contributed by atoms with Gasteiger partial charge in [0.25, 0.3) is 0 Å². The van der Waals surface area contributed by atoms with Gasteiger partial charge in [0.1, 0.15) is 5.82 Å². The molecule has 4 heteroatoms. The van der Waals surface area contributed by atoms with Gasteiger partial charge in [-0.25, -0.2) is 4.39 Å². The lowest BCUT2D eigenvalue weighted by Gasteiger charge is -2.05. The minimum Gasteiger partial charge on any atom is -0.350 e. The van der Waals surface area contributed by atoms with E-state index in [1.165, 1.54) is 6.07 Å². The van der Waals surface area contributed by atoms with Crippen LogP contribution >= 0.6 is 11.6 Å². The number of hydrogen-bond acceptors (Lipinski definition) is 1. The van der Waals surface area contributed by atoms with E-state index < -0.39 is 0 Å². The van der Waals surface area contributed by atoms with Crippen molar-refractivity contribution in [1.29, 1.82) is 0 Å². The molecular formula is C13H14ClFN2. The fraction of sp³-hybridized carbons (Fsp3) is 0.231. The second kappa shape index (κ2) is 4.90. The molecule has 0 saturated carbocycles. The van der Waals surface area contributed by atoms with Crippen LogP contribution < -0.4 is 5.73 Å². The first-order chi connectivity index (χ1) is 8.06. The van der Waals surface area contributed by atoms with Gasteiger partial charge < -0.3 is 10.3 Å². The summed E-state index contributed by atoms with van der Waals surface area (Å²) in [6, 6.07) is 6.76. The Hall–Kier alpha value is -1.32. The lowest BCUT2D eigenvalue weighted by Crippen LogP contribution is -2.04. The molecule has 0 saturated heterocycles. The fourth-order valence-electron chi connectivity index (χ4n) is 1.68. The smallest absolute Gasteiger partial charge is 0.141 e. The van der Waals surface area contributed by atoms with Crippen molar-refractivity contribution in [1.82, 2.24) is 4.57 Å². The zero-order valence-corrected chi connectivity index (χ0v) is 10.3. The van der Waals surface area contributed by atoms with Gasteiger partial charge in [-0.1, -0.05) is 17.7 Å². The fourth-order valence-corrected chi connectivity index (χ4v) is 1.88. The third kappa shape index (κ3) is 2.87. The maximum absolute atomic E-state index is 13.0. The van der Waals surface area contributed by atoms with E-state index in [4.69, 9.17) is 17.3 Å². The van der Waals surface area contributed by atoms with Crippen molar-refractivity contribution >= 4 is 11.6 Å². The highest BCUT2D eigenvalue weighted by molar-refractivity contribution is 6.30. The number of nitrogens with zero attached hydrogens (tertiary/aromatic N) is 1. The van der Waals surface area contributed by atoms with Crippen LogP contribution in [-0.2, 0) is 6.54 Å². The van der Waals surface area contributed by atoms with Crippen LogP contribution in [0.25, 0.3) is 0 Å². The second-order valence-electron chi connectivity index (χ2n) is 4.15. The number of aromatic nitrogens is 1. The third-order valence-electron chi connectivity index (χ3n) is 2.65. The van der Waals surface area contributed by atoms with E-state index in [0.29, 0.717) is 6.54 Å². The van der Waals surface area contributed by atoms with Crippen molar-refractivity contribution in [3.63, 3.8) is 0 Å². The maximum atomic E-state index is 13.0. The topological polar surface area (TPSA) is 30.9 Å². The molecule has 0 aliphatic heterocycles. The molecule has 1 aromatic heterocycles. The van der Waals surface area contributed by atoms with Crippen LogP contribution in [-0.4, -0.2) is 4.57 Å². The van der Waals surface area contributed by atoms with E-state index in [1.54, 1.807) is 12.1 Å². The highest BCUT2D eigenvalue weighted by Crippen LogP contribution is 2.17. The van der Waals surface area contributed by atoms with Crippen LogP contribution in [0.2, 0.25) is 5.02 Å². The van der Waals surface area contributed by atoms with Crippen LogP contribution in [0.3, 0.4) is 0 Å². The molecule has 0 amide bonds. The predicted molar refractivity (Wildman–Crippen MR) is 67.5 cm³/mol. The standard InChI is InChI=1S/C13H14ClFN2/c1-9(16)11-4-5-17(8-11)7-10-2-3-13(15)12(14)6-10/h2-6,8-9H,7,16H2,1H3. The number of nitrogens with two attached hydrogens (primary N) is 1. The minimum atomic E-state index is -0.390. The Morgan fingerprint density at radius 1 is 1.41 bits per heavy atom. The number of benzene rings is 1. The number of halogens is 2. The molecule has 1 unspecified atom stereocenters. The molecule has 17 heavy (non-hydrogen) atoms. The Morgan fingerprint density at radius 3 is 2.76 bits per heavy atom. The summed E-state index contributed by atoms with van der Waals surface area (Å²) in [5, 5.41) is 0.155. The normalized spacial score (nSPS) is 12.7. The summed E-state index contributed by atoms with van der Waals surface area (Å²) in [6.45, 7) is 2.60. The lowest BCUT2D eigenvalue weighted by atomic mass is 10.2. The van der Waals surface area contributed by atoms with Crippen molar-refractivity contribution in [3.8, 4) is 0 Å². The van der Waals surface area contributed by atoms with Crippen molar-refractivity contribution in [3.05, 3.63) is 58.6 Å². The van der Waals surface area contributed by atoms with E-state index >= 15 is 0 Å². The van der Waals surface area contributed by atoms with Crippen LogP contribution in [0, 0.1) is 5.82 Å². The molecule has 0 aliphatic rings. The minimum absolute atomic E-state index is 0.0213. The van der Waals surface area contributed by atoms with Crippen LogP contribution in [0.15, 0.2) is 36.7 Å². The molecule has 0 fully saturated rings. The molecule has 2 rings (SSSR count). The molecule has 2 aromatic rings. The van der Waals surface area contributed by atoms with Gasteiger partial charge in [0.15, 0.2) is 0 Å². The molecule has 1 atom stereocenters. The van der Waals surface area contributed by atoms with Gasteiger partial charge in [0, 0.05) is 25.0 Å². The monoisotopic (exact) mass is 252 g/mol. The average molecular weight is 253 g/mol. The summed E-state index contributed by atoms with van der Waals surface area (Å²) in [5.74, 6) is -0.390. The Bertz CT molecular complexity index is 520. The zero-order valence-electron chi connectivity index (χ0n) is 9.53. The van der Waals surface area contributed by atoms with Gasteiger partial charge in [-0.3, -0.25) is 0 Å². The molecule has 2 N–H and O–H groups in total.